The van der Waals surface area contributed by atoms with Gasteiger partial charge in [-0.1, -0.05) is 11.6 Å². The lowest BCUT2D eigenvalue weighted by Crippen LogP contribution is -2.11. The van der Waals surface area contributed by atoms with Crippen molar-refractivity contribution < 1.29 is 4.74 Å². The highest BCUT2D eigenvalue weighted by atomic mass is 35.5. The normalized spacial score (nSPS) is 14.2. The fourth-order valence-corrected chi connectivity index (χ4v) is 3.23. The van der Waals surface area contributed by atoms with E-state index in [1.165, 1.54) is 5.69 Å². The van der Waals surface area contributed by atoms with Crippen LogP contribution in [-0.2, 0) is 13.1 Å². The third-order valence-corrected chi connectivity index (χ3v) is 4.47. The van der Waals surface area contributed by atoms with Gasteiger partial charge in [0.05, 0.1) is 17.8 Å². The predicted molar refractivity (Wildman–Crippen MR) is 92.7 cm³/mol. The first-order valence-electron chi connectivity index (χ1n) is 7.91. The third kappa shape index (κ3) is 2.68. The highest BCUT2D eigenvalue weighted by molar-refractivity contribution is 6.32. The lowest BCUT2D eigenvalue weighted by atomic mass is 10.2. The maximum Gasteiger partial charge on any atom is 0.165 e. The van der Waals surface area contributed by atoms with Gasteiger partial charge < -0.3 is 10.1 Å². The van der Waals surface area contributed by atoms with Gasteiger partial charge in [0.25, 0.3) is 0 Å². The Bertz CT molecular complexity index is 846. The molecule has 0 unspecified atom stereocenters. The summed E-state index contributed by atoms with van der Waals surface area (Å²) in [5.74, 6) is 1.46. The van der Waals surface area contributed by atoms with Crippen LogP contribution in [0, 0.1) is 0 Å². The van der Waals surface area contributed by atoms with E-state index < -0.39 is 0 Å². The highest BCUT2D eigenvalue weighted by Gasteiger charge is 2.16. The smallest absolute Gasteiger partial charge is 0.165 e. The van der Waals surface area contributed by atoms with Crippen molar-refractivity contribution in [3.8, 4) is 23.0 Å². The second kappa shape index (κ2) is 6.30. The molecule has 3 aromatic rings. The molecular formula is C17H18ClN5O. The fourth-order valence-electron chi connectivity index (χ4n) is 2.98. The molecule has 3 heterocycles. The summed E-state index contributed by atoms with van der Waals surface area (Å²) in [7, 11) is 1.61. The number of benzene rings is 1. The Balaban J connectivity index is 1.74. The molecule has 0 amide bonds. The molecule has 4 rings (SSSR count). The van der Waals surface area contributed by atoms with E-state index in [1.807, 2.05) is 29.0 Å². The summed E-state index contributed by atoms with van der Waals surface area (Å²) in [6.45, 7) is 2.79. The van der Waals surface area contributed by atoms with Gasteiger partial charge in [-0.25, -0.2) is 4.98 Å². The number of methoxy groups -OCH3 is 1. The van der Waals surface area contributed by atoms with Crippen molar-refractivity contribution in [1.29, 1.82) is 0 Å². The number of imidazole rings is 1. The van der Waals surface area contributed by atoms with Crippen LogP contribution in [-0.4, -0.2) is 33.0 Å². The molecule has 124 valence electrons. The maximum atomic E-state index is 6.26. The molecule has 0 spiro atoms. The number of ether oxygens (including phenoxy) is 1. The Kier molecular flexibility index (Phi) is 4.00. The molecule has 7 heteroatoms. The second-order valence-corrected chi connectivity index (χ2v) is 6.12. The van der Waals surface area contributed by atoms with Crippen LogP contribution in [0.3, 0.4) is 0 Å². The fraction of sp³-hybridized carbons (Fsp3) is 0.294. The minimum absolute atomic E-state index is 0.569. The first kappa shape index (κ1) is 15.2. The summed E-state index contributed by atoms with van der Waals surface area (Å²) in [6.07, 6.45) is 4.77. The third-order valence-electron chi connectivity index (χ3n) is 4.18. The molecule has 0 fully saturated rings. The predicted octanol–water partition coefficient (Wildman–Crippen LogP) is 2.89. The van der Waals surface area contributed by atoms with Crippen LogP contribution in [0.5, 0.6) is 5.75 Å². The number of aryl methyl sites for hydroxylation is 1. The summed E-state index contributed by atoms with van der Waals surface area (Å²) in [5, 5.41) is 8.71. The van der Waals surface area contributed by atoms with E-state index in [2.05, 4.69) is 21.0 Å². The van der Waals surface area contributed by atoms with Crippen molar-refractivity contribution in [2.24, 2.45) is 0 Å². The van der Waals surface area contributed by atoms with Gasteiger partial charge in [0.2, 0.25) is 0 Å². The standard InChI is InChI=1S/C17H18ClN5O/c1-24-16-4-3-12(9-14(16)18)22-8-6-20-17(22)15-10-13-11-19-5-2-7-23(13)21-15/h3-4,6,8-10,19H,2,5,7,11H2,1H3. The molecule has 0 saturated heterocycles. The monoisotopic (exact) mass is 343 g/mol. The Morgan fingerprint density at radius 2 is 2.21 bits per heavy atom. The van der Waals surface area contributed by atoms with E-state index in [-0.39, 0.29) is 0 Å². The van der Waals surface area contributed by atoms with Crippen LogP contribution >= 0.6 is 11.6 Å². The molecule has 0 aliphatic carbocycles. The lowest BCUT2D eigenvalue weighted by molar-refractivity contribution is 0.415. The molecule has 6 nitrogen and oxygen atoms in total. The molecule has 0 atom stereocenters. The number of halogens is 1. The van der Waals surface area contributed by atoms with Gasteiger partial charge in [-0.05, 0) is 37.2 Å². The zero-order valence-corrected chi connectivity index (χ0v) is 14.1. The van der Waals surface area contributed by atoms with Gasteiger partial charge in [0.1, 0.15) is 11.4 Å². The molecule has 24 heavy (non-hydrogen) atoms. The van der Waals surface area contributed by atoms with Gasteiger partial charge in [0, 0.05) is 31.2 Å². The molecule has 0 saturated carbocycles. The largest absolute Gasteiger partial charge is 0.495 e. The van der Waals surface area contributed by atoms with E-state index in [4.69, 9.17) is 21.4 Å². The van der Waals surface area contributed by atoms with Crippen LogP contribution in [0.4, 0.5) is 0 Å². The number of nitrogens with one attached hydrogen (secondary N) is 1. The van der Waals surface area contributed by atoms with E-state index in [0.29, 0.717) is 10.8 Å². The Labute approximate surface area is 145 Å². The average Bonchev–Trinajstić information content (AvgIpc) is 3.17. The minimum Gasteiger partial charge on any atom is -0.495 e. The molecular weight excluding hydrogens is 326 g/mol. The zero-order chi connectivity index (χ0) is 16.5. The minimum atomic E-state index is 0.569. The molecule has 0 radical (unpaired) electrons. The number of nitrogens with zero attached hydrogens (tertiary/aromatic N) is 4. The first-order chi connectivity index (χ1) is 11.8. The zero-order valence-electron chi connectivity index (χ0n) is 13.4. The number of hydrogen-bond donors (Lipinski definition) is 1. The SMILES string of the molecule is COc1ccc(-n2ccnc2-c2cc3n(n2)CCCNC3)cc1Cl. The summed E-state index contributed by atoms with van der Waals surface area (Å²) in [6, 6.07) is 7.78. The quantitative estimate of drug-likeness (QED) is 0.794. The molecule has 1 aliphatic heterocycles. The number of aromatic nitrogens is 4. The number of rotatable bonds is 3. The van der Waals surface area contributed by atoms with E-state index in [0.717, 1.165) is 43.3 Å². The Morgan fingerprint density at radius 1 is 1.29 bits per heavy atom. The van der Waals surface area contributed by atoms with Gasteiger partial charge in [-0.15, -0.1) is 0 Å². The van der Waals surface area contributed by atoms with E-state index in [1.54, 1.807) is 13.3 Å². The van der Waals surface area contributed by atoms with Crippen molar-refractivity contribution in [3.63, 3.8) is 0 Å². The molecule has 1 aromatic carbocycles. The van der Waals surface area contributed by atoms with Crippen LogP contribution in [0.25, 0.3) is 17.2 Å². The van der Waals surface area contributed by atoms with Crippen LogP contribution in [0.2, 0.25) is 5.02 Å². The van der Waals surface area contributed by atoms with Crippen LogP contribution < -0.4 is 10.1 Å². The van der Waals surface area contributed by atoms with Gasteiger partial charge >= 0.3 is 0 Å². The summed E-state index contributed by atoms with van der Waals surface area (Å²) < 4.78 is 9.27. The van der Waals surface area contributed by atoms with Crippen molar-refractivity contribution in [3.05, 3.63) is 47.4 Å². The van der Waals surface area contributed by atoms with Crippen LogP contribution in [0.1, 0.15) is 12.1 Å². The van der Waals surface area contributed by atoms with Gasteiger partial charge in [0.15, 0.2) is 5.82 Å². The molecule has 0 bridgehead atoms. The van der Waals surface area contributed by atoms with Crippen molar-refractivity contribution in [2.75, 3.05) is 13.7 Å². The van der Waals surface area contributed by atoms with Crippen molar-refractivity contribution in [1.82, 2.24) is 24.6 Å². The molecule has 1 N–H and O–H groups in total. The summed E-state index contributed by atoms with van der Waals surface area (Å²) in [4.78, 5) is 4.49. The highest BCUT2D eigenvalue weighted by Crippen LogP contribution is 2.29. The second-order valence-electron chi connectivity index (χ2n) is 5.71. The topological polar surface area (TPSA) is 56.9 Å². The summed E-state index contributed by atoms with van der Waals surface area (Å²) >= 11 is 6.26. The average molecular weight is 344 g/mol. The maximum absolute atomic E-state index is 6.26. The first-order valence-corrected chi connectivity index (χ1v) is 8.29. The lowest BCUT2D eigenvalue weighted by Gasteiger charge is -2.09. The number of fused-ring (bicyclic) bond motifs is 1. The Morgan fingerprint density at radius 3 is 3.04 bits per heavy atom. The van der Waals surface area contributed by atoms with E-state index >= 15 is 0 Å². The van der Waals surface area contributed by atoms with Crippen LogP contribution in [0.15, 0.2) is 36.7 Å². The Hall–Kier alpha value is -2.31. The molecule has 1 aliphatic rings. The molecule has 2 aromatic heterocycles. The van der Waals surface area contributed by atoms with Crippen molar-refractivity contribution >= 4 is 11.6 Å². The van der Waals surface area contributed by atoms with Gasteiger partial charge in [-0.3, -0.25) is 9.25 Å². The number of hydrogen-bond acceptors (Lipinski definition) is 4. The van der Waals surface area contributed by atoms with E-state index in [9.17, 15) is 0 Å². The summed E-state index contributed by atoms with van der Waals surface area (Å²) in [5.41, 5.74) is 2.98. The van der Waals surface area contributed by atoms with Crippen molar-refractivity contribution in [2.45, 2.75) is 19.5 Å². The van der Waals surface area contributed by atoms with Gasteiger partial charge in [-0.2, -0.15) is 5.10 Å².